The predicted octanol–water partition coefficient (Wildman–Crippen LogP) is 2.20. The minimum atomic E-state index is 0.408. The molecule has 0 bridgehead atoms. The van der Waals surface area contributed by atoms with Crippen LogP contribution in [-0.2, 0) is 6.54 Å². The molecule has 0 fully saturated rings. The van der Waals surface area contributed by atoms with Gasteiger partial charge in [-0.2, -0.15) is 0 Å². The Morgan fingerprint density at radius 1 is 1.35 bits per heavy atom. The summed E-state index contributed by atoms with van der Waals surface area (Å²) < 4.78 is 4.95. The fourth-order valence-electron chi connectivity index (χ4n) is 1.53. The summed E-state index contributed by atoms with van der Waals surface area (Å²) in [7, 11) is 0. The van der Waals surface area contributed by atoms with Gasteiger partial charge in [-0.3, -0.25) is 4.99 Å². The summed E-state index contributed by atoms with van der Waals surface area (Å²) in [5, 5.41) is 3.82. The van der Waals surface area contributed by atoms with E-state index in [-0.39, 0.29) is 0 Å². The van der Waals surface area contributed by atoms with Gasteiger partial charge in [0.15, 0.2) is 0 Å². The normalized spacial score (nSPS) is 11.8. The Bertz CT molecular complexity index is 543. The van der Waals surface area contributed by atoms with Crippen LogP contribution in [0.1, 0.15) is 22.6 Å². The fourth-order valence-corrected chi connectivity index (χ4v) is 1.53. The van der Waals surface area contributed by atoms with Gasteiger partial charge in [0.25, 0.3) is 0 Å². The van der Waals surface area contributed by atoms with E-state index in [9.17, 15) is 0 Å². The summed E-state index contributed by atoms with van der Waals surface area (Å²) in [6.07, 6.45) is 0. The lowest BCUT2D eigenvalue weighted by Gasteiger charge is -2.01. The first-order valence-electron chi connectivity index (χ1n) is 5.45. The molecule has 4 nitrogen and oxygen atoms in total. The van der Waals surface area contributed by atoms with Crippen molar-refractivity contribution in [3.05, 3.63) is 52.9 Å². The van der Waals surface area contributed by atoms with Crippen molar-refractivity contribution in [2.75, 3.05) is 0 Å². The lowest BCUT2D eigenvalue weighted by atomic mass is 10.1. The molecule has 0 unspecified atom stereocenters. The van der Waals surface area contributed by atoms with Crippen molar-refractivity contribution in [3.63, 3.8) is 0 Å². The zero-order chi connectivity index (χ0) is 12.3. The maximum absolute atomic E-state index is 5.83. The van der Waals surface area contributed by atoms with Gasteiger partial charge in [-0.1, -0.05) is 29.4 Å². The zero-order valence-electron chi connectivity index (χ0n) is 9.97. The highest BCUT2D eigenvalue weighted by Gasteiger charge is 2.04. The van der Waals surface area contributed by atoms with Gasteiger partial charge < -0.3 is 10.3 Å². The van der Waals surface area contributed by atoms with Crippen molar-refractivity contribution < 1.29 is 4.52 Å². The number of benzene rings is 1. The molecule has 0 saturated carbocycles. The SMILES string of the molecule is Cc1cc(C(N)=NCc2ccccc2C)no1. The molecule has 17 heavy (non-hydrogen) atoms. The van der Waals surface area contributed by atoms with Gasteiger partial charge in [-0.05, 0) is 25.0 Å². The van der Waals surface area contributed by atoms with Crippen molar-refractivity contribution in [2.24, 2.45) is 10.7 Å². The number of nitrogens with zero attached hydrogens (tertiary/aromatic N) is 2. The van der Waals surface area contributed by atoms with Crippen molar-refractivity contribution >= 4 is 5.84 Å². The van der Waals surface area contributed by atoms with E-state index in [0.717, 1.165) is 11.3 Å². The lowest BCUT2D eigenvalue weighted by Crippen LogP contribution is -2.14. The van der Waals surface area contributed by atoms with Crippen molar-refractivity contribution in [1.82, 2.24) is 5.16 Å². The molecule has 0 aliphatic carbocycles. The summed E-state index contributed by atoms with van der Waals surface area (Å²) in [6, 6.07) is 9.87. The van der Waals surface area contributed by atoms with Crippen molar-refractivity contribution in [1.29, 1.82) is 0 Å². The number of aryl methyl sites for hydroxylation is 2. The molecule has 1 heterocycles. The third-order valence-electron chi connectivity index (χ3n) is 2.57. The van der Waals surface area contributed by atoms with E-state index in [1.165, 1.54) is 5.56 Å². The van der Waals surface area contributed by atoms with Gasteiger partial charge in [0, 0.05) is 6.07 Å². The second-order valence-corrected chi connectivity index (χ2v) is 3.95. The van der Waals surface area contributed by atoms with E-state index in [1.807, 2.05) is 25.1 Å². The first-order chi connectivity index (χ1) is 8.16. The van der Waals surface area contributed by atoms with Gasteiger partial charge in [-0.25, -0.2) is 0 Å². The van der Waals surface area contributed by atoms with Crippen LogP contribution in [0.5, 0.6) is 0 Å². The standard InChI is InChI=1S/C13H15N3O/c1-9-5-3-4-6-11(9)8-15-13(14)12-7-10(2)17-16-12/h3-7H,8H2,1-2H3,(H2,14,15). The first kappa shape index (κ1) is 11.4. The van der Waals surface area contributed by atoms with Crippen LogP contribution in [-0.4, -0.2) is 11.0 Å². The Hall–Kier alpha value is -2.10. The molecule has 2 aromatic rings. The maximum atomic E-state index is 5.83. The summed E-state index contributed by atoms with van der Waals surface area (Å²) in [6.45, 7) is 4.44. The number of amidine groups is 1. The minimum Gasteiger partial charge on any atom is -0.382 e. The Labute approximate surface area is 100 Å². The molecule has 2 rings (SSSR count). The topological polar surface area (TPSA) is 64.4 Å². The van der Waals surface area contributed by atoms with Crippen LogP contribution in [0.4, 0.5) is 0 Å². The van der Waals surface area contributed by atoms with Crippen LogP contribution in [0, 0.1) is 13.8 Å². The summed E-state index contributed by atoms with van der Waals surface area (Å²) in [5.41, 5.74) is 8.80. The molecule has 0 aliphatic rings. The highest BCUT2D eigenvalue weighted by atomic mass is 16.5. The lowest BCUT2D eigenvalue weighted by molar-refractivity contribution is 0.396. The molecule has 1 aromatic carbocycles. The van der Waals surface area contributed by atoms with Crippen LogP contribution in [0.3, 0.4) is 0 Å². The Morgan fingerprint density at radius 2 is 2.12 bits per heavy atom. The molecule has 0 aliphatic heterocycles. The first-order valence-corrected chi connectivity index (χ1v) is 5.45. The molecule has 0 amide bonds. The number of aromatic nitrogens is 1. The summed E-state index contributed by atoms with van der Waals surface area (Å²) in [5.74, 6) is 1.14. The molecule has 4 heteroatoms. The average Bonchev–Trinajstić information content (AvgIpc) is 2.74. The fraction of sp³-hybridized carbons (Fsp3) is 0.231. The number of rotatable bonds is 3. The van der Waals surface area contributed by atoms with E-state index in [4.69, 9.17) is 10.3 Å². The largest absolute Gasteiger partial charge is 0.382 e. The van der Waals surface area contributed by atoms with E-state index >= 15 is 0 Å². The van der Waals surface area contributed by atoms with E-state index < -0.39 is 0 Å². The highest BCUT2D eigenvalue weighted by Crippen LogP contribution is 2.09. The number of hydrogen-bond donors (Lipinski definition) is 1. The second-order valence-electron chi connectivity index (χ2n) is 3.95. The van der Waals surface area contributed by atoms with Gasteiger partial charge in [0.2, 0.25) is 0 Å². The maximum Gasteiger partial charge on any atom is 0.148 e. The van der Waals surface area contributed by atoms with E-state index in [1.54, 1.807) is 6.07 Å². The molecule has 1 aromatic heterocycles. The van der Waals surface area contributed by atoms with Crippen LogP contribution in [0.15, 0.2) is 39.8 Å². The van der Waals surface area contributed by atoms with Gasteiger partial charge in [0.1, 0.15) is 17.3 Å². The Kier molecular flexibility index (Phi) is 3.23. The highest BCUT2D eigenvalue weighted by molar-refractivity contribution is 5.95. The van der Waals surface area contributed by atoms with Gasteiger partial charge in [0.05, 0.1) is 6.54 Å². The third-order valence-corrected chi connectivity index (χ3v) is 2.57. The molecule has 88 valence electrons. The van der Waals surface area contributed by atoms with Gasteiger partial charge in [-0.15, -0.1) is 0 Å². The molecule has 0 spiro atoms. The third kappa shape index (κ3) is 2.72. The Morgan fingerprint density at radius 3 is 2.76 bits per heavy atom. The number of aliphatic imine (C=N–C) groups is 1. The molecule has 2 N–H and O–H groups in total. The van der Waals surface area contributed by atoms with Gasteiger partial charge >= 0.3 is 0 Å². The summed E-state index contributed by atoms with van der Waals surface area (Å²) in [4.78, 5) is 4.31. The molecule has 0 atom stereocenters. The van der Waals surface area contributed by atoms with Crippen LogP contribution >= 0.6 is 0 Å². The monoisotopic (exact) mass is 229 g/mol. The molecule has 0 saturated heterocycles. The van der Waals surface area contributed by atoms with Crippen LogP contribution in [0.2, 0.25) is 0 Å². The minimum absolute atomic E-state index is 0.408. The van der Waals surface area contributed by atoms with Crippen LogP contribution in [0.25, 0.3) is 0 Å². The van der Waals surface area contributed by atoms with Crippen LogP contribution < -0.4 is 5.73 Å². The quantitative estimate of drug-likeness (QED) is 0.648. The molecular formula is C13H15N3O. The van der Waals surface area contributed by atoms with Crippen molar-refractivity contribution in [3.8, 4) is 0 Å². The summed E-state index contributed by atoms with van der Waals surface area (Å²) >= 11 is 0. The second kappa shape index (κ2) is 4.82. The average molecular weight is 229 g/mol. The van der Waals surface area contributed by atoms with E-state index in [2.05, 4.69) is 23.1 Å². The number of nitrogens with two attached hydrogens (primary N) is 1. The zero-order valence-corrected chi connectivity index (χ0v) is 9.97. The molecular weight excluding hydrogens is 214 g/mol. The molecule has 0 radical (unpaired) electrons. The Balaban J connectivity index is 2.13. The number of hydrogen-bond acceptors (Lipinski definition) is 3. The predicted molar refractivity (Wildman–Crippen MR) is 66.8 cm³/mol. The smallest absolute Gasteiger partial charge is 0.148 e. The van der Waals surface area contributed by atoms with Crippen molar-refractivity contribution in [2.45, 2.75) is 20.4 Å². The van der Waals surface area contributed by atoms with E-state index in [0.29, 0.717) is 18.1 Å².